The number of aromatic nitrogens is 2. The Hall–Kier alpha value is -2.30. The molecule has 3 N–H and O–H groups in total. The van der Waals surface area contributed by atoms with Gasteiger partial charge in [-0.3, -0.25) is 9.98 Å². The molecule has 1 aliphatic heterocycles. The van der Waals surface area contributed by atoms with Gasteiger partial charge in [0, 0.05) is 11.8 Å². The molecule has 0 radical (unpaired) electrons. The smallest absolute Gasteiger partial charge is 0.326 e. The fourth-order valence-electron chi connectivity index (χ4n) is 2.06. The molecule has 0 unspecified atom stereocenters. The van der Waals surface area contributed by atoms with Crippen LogP contribution in [-0.2, 0) is 6.42 Å². The van der Waals surface area contributed by atoms with E-state index in [-0.39, 0.29) is 5.88 Å². The Balaban J connectivity index is 2.27. The normalized spacial score (nSPS) is 14.7. The van der Waals surface area contributed by atoms with Gasteiger partial charge in [-0.2, -0.15) is 0 Å². The van der Waals surface area contributed by atoms with Gasteiger partial charge in [0.1, 0.15) is 5.69 Å². The Morgan fingerprint density at radius 3 is 3.00 bits per heavy atom. The highest BCUT2D eigenvalue weighted by Crippen LogP contribution is 2.07. The van der Waals surface area contributed by atoms with Crippen molar-refractivity contribution in [2.24, 2.45) is 4.99 Å². The summed E-state index contributed by atoms with van der Waals surface area (Å²) < 4.78 is 0. The highest BCUT2D eigenvalue weighted by molar-refractivity contribution is 5.50. The van der Waals surface area contributed by atoms with Gasteiger partial charge in [0.15, 0.2) is 0 Å². The number of hydrogen-bond donors (Lipinski definition) is 3. The van der Waals surface area contributed by atoms with Gasteiger partial charge in [-0.05, 0) is 18.1 Å². The zero-order valence-corrected chi connectivity index (χ0v) is 9.03. The predicted octanol–water partition coefficient (Wildman–Crippen LogP) is -0.587. The van der Waals surface area contributed by atoms with Gasteiger partial charge in [0.05, 0.1) is 5.36 Å². The molecule has 0 bridgehead atoms. The molecule has 0 atom stereocenters. The molecule has 1 aliphatic rings. The number of nitrogens with one attached hydrogen (secondary N) is 2. The number of fused-ring (bicyclic) bond motifs is 1. The largest absolute Gasteiger partial charge is 0.493 e. The lowest BCUT2D eigenvalue weighted by atomic mass is 10.1. The zero-order valence-electron chi connectivity index (χ0n) is 9.03. The van der Waals surface area contributed by atoms with Gasteiger partial charge >= 0.3 is 5.69 Å². The molecule has 0 aliphatic carbocycles. The molecule has 17 heavy (non-hydrogen) atoms. The second-order valence-electron chi connectivity index (χ2n) is 3.97. The summed E-state index contributed by atoms with van der Waals surface area (Å²) in [6, 6.07) is 5.91. The number of para-hydroxylation sites is 1. The third-order valence-electron chi connectivity index (χ3n) is 2.84. The van der Waals surface area contributed by atoms with Crippen molar-refractivity contribution in [2.45, 2.75) is 6.42 Å². The molecule has 5 heteroatoms. The molecule has 0 saturated carbocycles. The molecule has 2 aromatic rings. The molecule has 2 heterocycles. The fourth-order valence-corrected chi connectivity index (χ4v) is 2.06. The fraction of sp³-hybridized carbons (Fsp3) is 0.167. The minimum absolute atomic E-state index is 0.148. The Kier molecular flexibility index (Phi) is 2.11. The topological polar surface area (TPSA) is 81.2 Å². The lowest BCUT2D eigenvalue weighted by Crippen LogP contribution is -2.25. The molecule has 86 valence electrons. The van der Waals surface area contributed by atoms with Crippen LogP contribution in [-0.4, -0.2) is 21.6 Å². The number of aromatic amines is 2. The molecule has 3 rings (SSSR count). The van der Waals surface area contributed by atoms with E-state index in [4.69, 9.17) is 0 Å². The second-order valence-corrected chi connectivity index (χ2v) is 3.97. The average Bonchev–Trinajstić information content (AvgIpc) is 2.87. The second kappa shape index (κ2) is 3.62. The van der Waals surface area contributed by atoms with Crippen molar-refractivity contribution < 1.29 is 5.11 Å². The van der Waals surface area contributed by atoms with Crippen LogP contribution in [0.2, 0.25) is 0 Å². The zero-order chi connectivity index (χ0) is 11.8. The quantitative estimate of drug-likeness (QED) is 0.611. The summed E-state index contributed by atoms with van der Waals surface area (Å²) in [4.78, 5) is 20.2. The summed E-state index contributed by atoms with van der Waals surface area (Å²) in [5, 5.41) is 11.4. The van der Waals surface area contributed by atoms with Gasteiger partial charge in [-0.1, -0.05) is 18.2 Å². The number of imidazole rings is 1. The Labute approximate surface area is 96.2 Å². The number of benzene rings is 1. The van der Waals surface area contributed by atoms with E-state index < -0.39 is 5.69 Å². The maximum atomic E-state index is 11.0. The van der Waals surface area contributed by atoms with Crippen LogP contribution < -0.4 is 16.3 Å². The molecule has 1 aromatic heterocycles. The van der Waals surface area contributed by atoms with Crippen LogP contribution in [0.3, 0.4) is 0 Å². The van der Waals surface area contributed by atoms with E-state index in [9.17, 15) is 9.90 Å². The van der Waals surface area contributed by atoms with Crippen molar-refractivity contribution in [3.05, 3.63) is 50.5 Å². The molecule has 0 fully saturated rings. The molecule has 0 spiro atoms. The maximum absolute atomic E-state index is 11.0. The van der Waals surface area contributed by atoms with E-state index in [0.29, 0.717) is 5.69 Å². The van der Waals surface area contributed by atoms with E-state index in [1.54, 1.807) is 6.08 Å². The molecule has 0 amide bonds. The minimum Gasteiger partial charge on any atom is -0.493 e. The average molecular weight is 229 g/mol. The van der Waals surface area contributed by atoms with Crippen LogP contribution in [0.5, 0.6) is 5.88 Å². The van der Waals surface area contributed by atoms with Crippen LogP contribution >= 0.6 is 0 Å². The molecular weight excluding hydrogens is 218 g/mol. The Bertz CT molecular complexity index is 740. The van der Waals surface area contributed by atoms with Gasteiger partial charge in [-0.15, -0.1) is 0 Å². The van der Waals surface area contributed by atoms with Crippen LogP contribution in [0.1, 0.15) is 11.3 Å². The third kappa shape index (κ3) is 1.65. The summed E-state index contributed by atoms with van der Waals surface area (Å²) >= 11 is 0. The summed E-state index contributed by atoms with van der Waals surface area (Å²) in [5.74, 6) is -0.148. The molecular formula is C12H11N3O2. The lowest BCUT2D eigenvalue weighted by molar-refractivity contribution is 0.454. The standard InChI is InChI=1S/C12H11N3O2/c16-11-9(14-12(17)15-11)6-8-3-1-2-7-4-5-13-10(7)8/h1-3,6,16H,4-5H2,(H2,14,15,17). The van der Waals surface area contributed by atoms with Gasteiger partial charge < -0.3 is 10.1 Å². The van der Waals surface area contributed by atoms with Crippen LogP contribution in [0.15, 0.2) is 28.0 Å². The van der Waals surface area contributed by atoms with Crippen LogP contribution in [0, 0.1) is 0 Å². The predicted molar refractivity (Wildman–Crippen MR) is 62.4 cm³/mol. The van der Waals surface area contributed by atoms with Crippen LogP contribution in [0.25, 0.3) is 6.08 Å². The van der Waals surface area contributed by atoms with Crippen LogP contribution in [0.4, 0.5) is 0 Å². The Morgan fingerprint density at radius 2 is 2.24 bits per heavy atom. The number of hydrogen-bond acceptors (Lipinski definition) is 3. The van der Waals surface area contributed by atoms with E-state index in [2.05, 4.69) is 15.0 Å². The maximum Gasteiger partial charge on any atom is 0.326 e. The van der Waals surface area contributed by atoms with Crippen molar-refractivity contribution in [3.8, 4) is 5.88 Å². The van der Waals surface area contributed by atoms with Gasteiger partial charge in [0.25, 0.3) is 0 Å². The van der Waals surface area contributed by atoms with Gasteiger partial charge in [-0.25, -0.2) is 4.79 Å². The van der Waals surface area contributed by atoms with E-state index in [0.717, 1.165) is 23.5 Å². The Morgan fingerprint density at radius 1 is 1.35 bits per heavy atom. The summed E-state index contributed by atoms with van der Waals surface area (Å²) in [5.41, 5.74) is 1.17. The summed E-state index contributed by atoms with van der Waals surface area (Å²) in [7, 11) is 0. The third-order valence-corrected chi connectivity index (χ3v) is 2.84. The van der Waals surface area contributed by atoms with Crippen molar-refractivity contribution in [1.29, 1.82) is 0 Å². The first kappa shape index (κ1) is 9.89. The number of H-pyrrole nitrogens is 2. The highest BCUT2D eigenvalue weighted by atomic mass is 16.3. The monoisotopic (exact) mass is 229 g/mol. The first-order valence-corrected chi connectivity index (χ1v) is 5.39. The van der Waals surface area contributed by atoms with E-state index in [1.165, 1.54) is 5.56 Å². The van der Waals surface area contributed by atoms with Crippen molar-refractivity contribution in [2.75, 3.05) is 6.54 Å². The molecule has 1 aromatic carbocycles. The molecule has 5 nitrogen and oxygen atoms in total. The van der Waals surface area contributed by atoms with Crippen molar-refractivity contribution in [1.82, 2.24) is 9.97 Å². The lowest BCUT2D eigenvalue weighted by Gasteiger charge is -1.93. The van der Waals surface area contributed by atoms with Crippen molar-refractivity contribution >= 4 is 6.08 Å². The number of nitrogens with zero attached hydrogens (tertiary/aromatic N) is 1. The van der Waals surface area contributed by atoms with Gasteiger partial charge in [0.2, 0.25) is 5.88 Å². The van der Waals surface area contributed by atoms with E-state index >= 15 is 0 Å². The summed E-state index contributed by atoms with van der Waals surface area (Å²) in [6.07, 6.45) is 2.67. The van der Waals surface area contributed by atoms with Crippen molar-refractivity contribution in [3.63, 3.8) is 0 Å². The minimum atomic E-state index is -0.418. The number of aromatic hydroxyl groups is 1. The molecule has 0 saturated heterocycles. The SMILES string of the molecule is O=c1[nH]c(O)c(C=c2cccc3c2=NCC3)[nH]1. The number of rotatable bonds is 1. The summed E-state index contributed by atoms with van der Waals surface area (Å²) in [6.45, 7) is 0.801. The first-order chi connectivity index (χ1) is 8.24. The first-order valence-electron chi connectivity index (χ1n) is 5.39. The van der Waals surface area contributed by atoms with E-state index in [1.807, 2.05) is 18.2 Å². The highest BCUT2D eigenvalue weighted by Gasteiger charge is 2.06.